The van der Waals surface area contributed by atoms with Gasteiger partial charge in [-0.3, -0.25) is 4.79 Å². The van der Waals surface area contributed by atoms with Crippen molar-refractivity contribution in [3.8, 4) is 0 Å². The molecule has 0 aliphatic heterocycles. The van der Waals surface area contributed by atoms with Crippen LogP contribution in [0.2, 0.25) is 5.02 Å². The minimum Gasteiger partial charge on any atom is -0.398 e. The van der Waals surface area contributed by atoms with Crippen molar-refractivity contribution in [1.29, 1.82) is 0 Å². The molecule has 0 spiro atoms. The molecule has 0 saturated heterocycles. The average molecular weight is 309 g/mol. The van der Waals surface area contributed by atoms with Gasteiger partial charge in [0.25, 0.3) is 5.91 Å². The Bertz CT molecular complexity index is 536. The molecule has 3 nitrogen and oxygen atoms in total. The summed E-state index contributed by atoms with van der Waals surface area (Å²) in [5.74, 6) is -0.131. The normalized spacial score (nSPS) is 21.0. The number of amides is 1. The standard InChI is InChI=1S/C17H25ClN2O/c1-16(2)8-12(9-17(3,4)10-16)20-15(21)13-7-11(18)5-6-14(13)19/h5-7,12H,8-10,19H2,1-4H3,(H,20,21). The van der Waals surface area contributed by atoms with Gasteiger partial charge in [0.05, 0.1) is 5.56 Å². The molecule has 0 radical (unpaired) electrons. The topological polar surface area (TPSA) is 55.1 Å². The molecule has 0 unspecified atom stereocenters. The van der Waals surface area contributed by atoms with Crippen LogP contribution in [0.15, 0.2) is 18.2 Å². The number of halogens is 1. The molecule has 3 N–H and O–H groups in total. The lowest BCUT2D eigenvalue weighted by Gasteiger charge is -2.45. The van der Waals surface area contributed by atoms with Gasteiger partial charge in [-0.1, -0.05) is 39.3 Å². The fourth-order valence-electron chi connectivity index (χ4n) is 3.94. The van der Waals surface area contributed by atoms with Crippen LogP contribution in [0, 0.1) is 10.8 Å². The number of benzene rings is 1. The second-order valence-corrected chi connectivity index (χ2v) is 8.25. The van der Waals surface area contributed by atoms with E-state index in [1.807, 2.05) is 0 Å². The molecule has 116 valence electrons. The maximum Gasteiger partial charge on any atom is 0.253 e. The van der Waals surface area contributed by atoms with Crippen molar-refractivity contribution >= 4 is 23.2 Å². The summed E-state index contributed by atoms with van der Waals surface area (Å²) in [6.45, 7) is 9.06. The highest BCUT2D eigenvalue weighted by molar-refractivity contribution is 6.31. The predicted molar refractivity (Wildman–Crippen MR) is 88.5 cm³/mol. The van der Waals surface area contributed by atoms with E-state index in [1.165, 1.54) is 6.42 Å². The van der Waals surface area contributed by atoms with E-state index in [0.717, 1.165) is 12.8 Å². The largest absolute Gasteiger partial charge is 0.398 e. The molecule has 1 aromatic carbocycles. The fraction of sp³-hybridized carbons (Fsp3) is 0.588. The zero-order valence-corrected chi connectivity index (χ0v) is 14.1. The maximum atomic E-state index is 12.5. The highest BCUT2D eigenvalue weighted by Gasteiger charge is 2.39. The Hall–Kier alpha value is -1.22. The van der Waals surface area contributed by atoms with Crippen LogP contribution in [0.25, 0.3) is 0 Å². The van der Waals surface area contributed by atoms with Crippen molar-refractivity contribution in [2.24, 2.45) is 10.8 Å². The van der Waals surface area contributed by atoms with Crippen molar-refractivity contribution < 1.29 is 4.79 Å². The Morgan fingerprint density at radius 1 is 1.24 bits per heavy atom. The molecule has 1 amide bonds. The molecule has 0 aromatic heterocycles. The lowest BCUT2D eigenvalue weighted by Crippen LogP contribution is -2.46. The minimum atomic E-state index is -0.131. The zero-order chi connectivity index (χ0) is 15.8. The number of carbonyl (C=O) groups is 1. The van der Waals surface area contributed by atoms with Crippen molar-refractivity contribution in [3.63, 3.8) is 0 Å². The second kappa shape index (κ2) is 5.53. The third kappa shape index (κ3) is 4.13. The Morgan fingerprint density at radius 2 is 1.81 bits per heavy atom. The summed E-state index contributed by atoms with van der Waals surface area (Å²) < 4.78 is 0. The van der Waals surface area contributed by atoms with Gasteiger partial charge in [-0.05, 0) is 48.3 Å². The summed E-state index contributed by atoms with van der Waals surface area (Å²) in [6, 6.07) is 5.17. The SMILES string of the molecule is CC1(C)CC(NC(=O)c2cc(Cl)ccc2N)CC(C)(C)C1. The van der Waals surface area contributed by atoms with Gasteiger partial charge >= 0.3 is 0 Å². The van der Waals surface area contributed by atoms with Gasteiger partial charge in [-0.25, -0.2) is 0 Å². The molecule has 0 heterocycles. The number of hydrogen-bond donors (Lipinski definition) is 2. The molecule has 0 atom stereocenters. The first-order valence-electron chi connectivity index (χ1n) is 7.44. The van der Waals surface area contributed by atoms with E-state index in [-0.39, 0.29) is 22.8 Å². The van der Waals surface area contributed by atoms with E-state index < -0.39 is 0 Å². The number of anilines is 1. The monoisotopic (exact) mass is 308 g/mol. The van der Waals surface area contributed by atoms with Gasteiger partial charge < -0.3 is 11.1 Å². The van der Waals surface area contributed by atoms with Crippen LogP contribution in [0.3, 0.4) is 0 Å². The molecule has 1 aliphatic carbocycles. The van der Waals surface area contributed by atoms with Gasteiger partial charge in [0.1, 0.15) is 0 Å². The van der Waals surface area contributed by atoms with E-state index >= 15 is 0 Å². The van der Waals surface area contributed by atoms with Crippen LogP contribution in [0.4, 0.5) is 5.69 Å². The summed E-state index contributed by atoms with van der Waals surface area (Å²) >= 11 is 5.96. The molecule has 1 saturated carbocycles. The summed E-state index contributed by atoms with van der Waals surface area (Å²) in [5, 5.41) is 3.66. The van der Waals surface area contributed by atoms with Gasteiger partial charge in [0.2, 0.25) is 0 Å². The Kier molecular flexibility index (Phi) is 4.25. The number of nitrogens with two attached hydrogens (primary N) is 1. The Morgan fingerprint density at radius 3 is 2.38 bits per heavy atom. The van der Waals surface area contributed by atoms with E-state index in [2.05, 4.69) is 33.0 Å². The third-order valence-corrected chi connectivity index (χ3v) is 4.39. The molecule has 1 aromatic rings. The molecule has 0 bridgehead atoms. The van der Waals surface area contributed by atoms with Crippen molar-refractivity contribution in [2.75, 3.05) is 5.73 Å². The third-order valence-electron chi connectivity index (χ3n) is 4.15. The molecule has 1 fully saturated rings. The van der Waals surface area contributed by atoms with Crippen LogP contribution in [0.5, 0.6) is 0 Å². The van der Waals surface area contributed by atoms with Crippen LogP contribution in [0.1, 0.15) is 57.3 Å². The summed E-state index contributed by atoms with van der Waals surface area (Å²) in [6.07, 6.45) is 3.15. The van der Waals surface area contributed by atoms with Crippen molar-refractivity contribution in [1.82, 2.24) is 5.32 Å². The molecule has 4 heteroatoms. The first kappa shape index (κ1) is 16.2. The highest BCUT2D eigenvalue weighted by Crippen LogP contribution is 2.45. The number of hydrogen-bond acceptors (Lipinski definition) is 2. The Labute approximate surface area is 132 Å². The second-order valence-electron chi connectivity index (χ2n) is 7.82. The van der Waals surface area contributed by atoms with Crippen LogP contribution >= 0.6 is 11.6 Å². The van der Waals surface area contributed by atoms with Gasteiger partial charge in [-0.15, -0.1) is 0 Å². The van der Waals surface area contributed by atoms with E-state index in [9.17, 15) is 4.79 Å². The Balaban J connectivity index is 2.14. The number of rotatable bonds is 2. The first-order valence-corrected chi connectivity index (χ1v) is 7.82. The number of nitrogen functional groups attached to an aromatic ring is 1. The minimum absolute atomic E-state index is 0.131. The average Bonchev–Trinajstić information content (AvgIpc) is 2.27. The van der Waals surface area contributed by atoms with Crippen molar-refractivity contribution in [3.05, 3.63) is 28.8 Å². The molecule has 2 rings (SSSR count). The zero-order valence-electron chi connectivity index (χ0n) is 13.3. The molecule has 21 heavy (non-hydrogen) atoms. The lowest BCUT2D eigenvalue weighted by atomic mass is 9.63. The summed E-state index contributed by atoms with van der Waals surface area (Å²) in [7, 11) is 0. The van der Waals surface area contributed by atoms with E-state index in [1.54, 1.807) is 18.2 Å². The number of carbonyl (C=O) groups excluding carboxylic acids is 1. The van der Waals surface area contributed by atoms with Gasteiger partial charge in [-0.2, -0.15) is 0 Å². The molecular formula is C17H25ClN2O. The summed E-state index contributed by atoms with van der Waals surface area (Å²) in [4.78, 5) is 12.5. The summed E-state index contributed by atoms with van der Waals surface area (Å²) in [5.41, 5.74) is 7.28. The van der Waals surface area contributed by atoms with Gasteiger partial charge in [0.15, 0.2) is 0 Å². The predicted octanol–water partition coefficient (Wildman–Crippen LogP) is 4.26. The smallest absolute Gasteiger partial charge is 0.253 e. The first-order chi connectivity index (χ1) is 9.58. The lowest BCUT2D eigenvalue weighted by molar-refractivity contribution is 0.0714. The van der Waals surface area contributed by atoms with Crippen LogP contribution in [-0.2, 0) is 0 Å². The number of nitrogens with one attached hydrogen (secondary N) is 1. The van der Waals surface area contributed by atoms with Crippen molar-refractivity contribution in [2.45, 2.75) is 53.0 Å². The van der Waals surface area contributed by atoms with E-state index in [0.29, 0.717) is 16.3 Å². The van der Waals surface area contributed by atoms with E-state index in [4.69, 9.17) is 17.3 Å². The van der Waals surface area contributed by atoms with Crippen LogP contribution in [-0.4, -0.2) is 11.9 Å². The highest BCUT2D eigenvalue weighted by atomic mass is 35.5. The quantitative estimate of drug-likeness (QED) is 0.802. The molecular weight excluding hydrogens is 284 g/mol. The maximum absolute atomic E-state index is 12.5. The van der Waals surface area contributed by atoms with Crippen LogP contribution < -0.4 is 11.1 Å². The van der Waals surface area contributed by atoms with Gasteiger partial charge in [0, 0.05) is 16.8 Å². The molecule has 1 aliphatic rings. The fourth-order valence-corrected chi connectivity index (χ4v) is 4.11.